The van der Waals surface area contributed by atoms with Gasteiger partial charge in [-0.3, -0.25) is 19.2 Å². The molecule has 2 aromatic rings. The Morgan fingerprint density at radius 2 is 1.67 bits per heavy atom. The Morgan fingerprint density at radius 3 is 2.39 bits per heavy atom. The number of amides is 1. The Bertz CT molecular complexity index is 995. The van der Waals surface area contributed by atoms with Gasteiger partial charge in [0.15, 0.2) is 5.78 Å². The minimum Gasteiger partial charge on any atom is -0.489 e. The lowest BCUT2D eigenvalue weighted by Gasteiger charge is -2.20. The zero-order chi connectivity index (χ0) is 26.2. The number of aryl methyl sites for hydroxylation is 1. The highest BCUT2D eigenvalue weighted by molar-refractivity contribution is 5.98. The van der Waals surface area contributed by atoms with Crippen LogP contribution < -0.4 is 15.4 Å². The number of aliphatic carboxylic acids is 1. The van der Waals surface area contributed by atoms with Crippen LogP contribution in [0.4, 0.5) is 0 Å². The highest BCUT2D eigenvalue weighted by atomic mass is 16.6. The van der Waals surface area contributed by atoms with Crippen LogP contribution in [0.15, 0.2) is 54.6 Å². The van der Waals surface area contributed by atoms with Crippen LogP contribution in [-0.4, -0.2) is 61.1 Å². The van der Waals surface area contributed by atoms with Gasteiger partial charge in [0.25, 0.3) is 0 Å². The first-order valence-electron chi connectivity index (χ1n) is 12.1. The Morgan fingerprint density at radius 1 is 0.944 bits per heavy atom. The molecule has 0 radical (unpaired) electrons. The third kappa shape index (κ3) is 11.1. The molecule has 0 spiro atoms. The smallest absolute Gasteiger partial charge is 0.322 e. The van der Waals surface area contributed by atoms with Gasteiger partial charge in [0.1, 0.15) is 25.0 Å². The van der Waals surface area contributed by atoms with E-state index >= 15 is 0 Å². The lowest BCUT2D eigenvalue weighted by atomic mass is 10.0. The zero-order valence-corrected chi connectivity index (χ0v) is 20.5. The van der Waals surface area contributed by atoms with Gasteiger partial charge in [-0.25, -0.2) is 0 Å². The van der Waals surface area contributed by atoms with Gasteiger partial charge < -0.3 is 25.2 Å². The quantitative estimate of drug-likeness (QED) is 0.172. The summed E-state index contributed by atoms with van der Waals surface area (Å²) in [5, 5.41) is 14.0. The van der Waals surface area contributed by atoms with E-state index in [1.165, 1.54) is 0 Å². The number of para-hydroxylation sites is 1. The summed E-state index contributed by atoms with van der Waals surface area (Å²) in [6.45, 7) is 2.60. The average molecular weight is 499 g/mol. The van der Waals surface area contributed by atoms with Crippen LogP contribution in [0.5, 0.6) is 5.75 Å². The lowest BCUT2D eigenvalue weighted by Crippen LogP contribution is -2.36. The van der Waals surface area contributed by atoms with Crippen LogP contribution in [0.2, 0.25) is 0 Å². The molecule has 1 atom stereocenters. The molecule has 2 aromatic carbocycles. The Hall–Kier alpha value is -3.72. The van der Waals surface area contributed by atoms with Crippen LogP contribution in [-0.2, 0) is 25.5 Å². The van der Waals surface area contributed by atoms with Gasteiger partial charge in [-0.05, 0) is 37.1 Å². The molecule has 0 heterocycles. The number of carbonyl (C=O) groups is 4. The monoisotopic (exact) mass is 498 g/mol. The number of rotatable bonds is 17. The Balaban J connectivity index is 1.93. The highest BCUT2D eigenvalue weighted by Gasteiger charge is 2.19. The number of ether oxygens (including phenoxy) is 2. The van der Waals surface area contributed by atoms with E-state index in [-0.39, 0.29) is 25.2 Å². The summed E-state index contributed by atoms with van der Waals surface area (Å²) in [4.78, 5) is 47.3. The number of carboxylic acid groups (broad SMARTS) is 1. The molecule has 0 aliphatic carbocycles. The van der Waals surface area contributed by atoms with Crippen molar-refractivity contribution in [2.75, 3.05) is 26.2 Å². The van der Waals surface area contributed by atoms with Crippen molar-refractivity contribution in [2.45, 2.75) is 45.1 Å². The van der Waals surface area contributed by atoms with Crippen LogP contribution >= 0.6 is 0 Å². The first kappa shape index (κ1) is 28.5. The topological polar surface area (TPSA) is 131 Å². The van der Waals surface area contributed by atoms with Gasteiger partial charge >= 0.3 is 11.9 Å². The number of esters is 1. The molecule has 0 aliphatic rings. The summed E-state index contributed by atoms with van der Waals surface area (Å²) in [5.41, 5.74) is 1.55. The van der Waals surface area contributed by atoms with Crippen LogP contribution in [0, 0.1) is 0 Å². The number of carboxylic acids is 1. The van der Waals surface area contributed by atoms with E-state index in [4.69, 9.17) is 14.6 Å². The number of nitrogens with one attached hydrogen (secondary N) is 2. The molecular weight excluding hydrogens is 464 g/mol. The average Bonchev–Trinajstić information content (AvgIpc) is 2.88. The fourth-order valence-corrected chi connectivity index (χ4v) is 3.34. The van der Waals surface area contributed by atoms with E-state index in [9.17, 15) is 19.2 Å². The summed E-state index contributed by atoms with van der Waals surface area (Å²) in [5.74, 6) is -1.93. The number of hydrogen-bond donors (Lipinski definition) is 3. The number of benzene rings is 2. The zero-order valence-electron chi connectivity index (χ0n) is 20.5. The summed E-state index contributed by atoms with van der Waals surface area (Å²) in [7, 11) is 0. The maximum Gasteiger partial charge on any atom is 0.322 e. The van der Waals surface area contributed by atoms with E-state index in [0.29, 0.717) is 30.7 Å². The van der Waals surface area contributed by atoms with E-state index < -0.39 is 30.5 Å². The van der Waals surface area contributed by atoms with Crippen molar-refractivity contribution in [3.8, 4) is 5.75 Å². The number of carbonyl (C=O) groups excluding carboxylic acids is 3. The third-order valence-electron chi connectivity index (χ3n) is 5.19. The van der Waals surface area contributed by atoms with Crippen molar-refractivity contribution in [2.24, 2.45) is 0 Å². The molecule has 36 heavy (non-hydrogen) atoms. The summed E-state index contributed by atoms with van der Waals surface area (Å²) in [6.07, 6.45) is 0.841. The largest absolute Gasteiger partial charge is 0.489 e. The van der Waals surface area contributed by atoms with Crippen molar-refractivity contribution in [3.63, 3.8) is 0 Å². The number of Topliss-reactive ketones (excluding diaryl/α,β-unsaturated/α-hetero) is 1. The second-order valence-corrected chi connectivity index (χ2v) is 8.20. The third-order valence-corrected chi connectivity index (χ3v) is 5.19. The molecule has 3 N–H and O–H groups in total. The second-order valence-electron chi connectivity index (χ2n) is 8.20. The molecule has 194 valence electrons. The summed E-state index contributed by atoms with van der Waals surface area (Å²) >= 11 is 0. The highest BCUT2D eigenvalue weighted by Crippen LogP contribution is 2.21. The SMILES string of the molecule is CCCNCC(COc1ccccc1C(=O)CCc1ccccc1)OC(=O)CCC(=O)NCC(=O)O. The normalized spacial score (nSPS) is 11.4. The number of hydrogen-bond acceptors (Lipinski definition) is 7. The van der Waals surface area contributed by atoms with Crippen LogP contribution in [0.25, 0.3) is 0 Å². The maximum atomic E-state index is 12.9. The predicted octanol–water partition coefficient (Wildman–Crippen LogP) is 2.77. The van der Waals surface area contributed by atoms with Crippen molar-refractivity contribution in [1.82, 2.24) is 10.6 Å². The van der Waals surface area contributed by atoms with Crippen molar-refractivity contribution >= 4 is 23.6 Å². The molecule has 1 amide bonds. The molecular formula is C27H34N2O7. The fourth-order valence-electron chi connectivity index (χ4n) is 3.34. The van der Waals surface area contributed by atoms with E-state index in [2.05, 4.69) is 10.6 Å². The predicted molar refractivity (Wildman–Crippen MR) is 134 cm³/mol. The van der Waals surface area contributed by atoms with Crippen LogP contribution in [0.1, 0.15) is 48.5 Å². The van der Waals surface area contributed by atoms with Crippen molar-refractivity contribution in [3.05, 3.63) is 65.7 Å². The maximum absolute atomic E-state index is 12.9. The van der Waals surface area contributed by atoms with Gasteiger partial charge in [-0.1, -0.05) is 49.4 Å². The van der Waals surface area contributed by atoms with Crippen molar-refractivity contribution in [1.29, 1.82) is 0 Å². The van der Waals surface area contributed by atoms with E-state index in [1.54, 1.807) is 24.3 Å². The molecule has 9 heteroatoms. The summed E-state index contributed by atoms with van der Waals surface area (Å²) in [6, 6.07) is 16.7. The molecule has 0 saturated carbocycles. The number of ketones is 1. The molecule has 2 rings (SSSR count). The minimum atomic E-state index is -1.16. The Labute approximate surface area is 211 Å². The Kier molecular flexibility index (Phi) is 12.7. The van der Waals surface area contributed by atoms with Gasteiger partial charge in [-0.15, -0.1) is 0 Å². The standard InChI is InChI=1S/C27H34N2O7/c1-2-16-28-17-21(36-27(34)15-14-25(31)29-18-26(32)33)19-35-24-11-7-6-10-22(24)23(30)13-12-20-8-4-3-5-9-20/h3-11,21,28H,2,12-19H2,1H3,(H,29,31)(H,32,33). The molecule has 0 bridgehead atoms. The van der Waals surface area contributed by atoms with E-state index in [1.807, 2.05) is 37.3 Å². The van der Waals surface area contributed by atoms with Gasteiger partial charge in [-0.2, -0.15) is 0 Å². The first-order chi connectivity index (χ1) is 17.4. The van der Waals surface area contributed by atoms with Crippen molar-refractivity contribution < 1.29 is 33.8 Å². The lowest BCUT2D eigenvalue weighted by molar-refractivity contribution is -0.151. The van der Waals surface area contributed by atoms with Gasteiger partial charge in [0.2, 0.25) is 5.91 Å². The second kappa shape index (κ2) is 16.0. The molecule has 0 aromatic heterocycles. The fraction of sp³-hybridized carbons (Fsp3) is 0.407. The first-order valence-corrected chi connectivity index (χ1v) is 12.1. The minimum absolute atomic E-state index is 0.0244. The molecule has 0 aliphatic heterocycles. The molecule has 9 nitrogen and oxygen atoms in total. The molecule has 1 unspecified atom stereocenters. The van der Waals surface area contributed by atoms with Gasteiger partial charge in [0.05, 0.1) is 12.0 Å². The molecule has 0 fully saturated rings. The summed E-state index contributed by atoms with van der Waals surface area (Å²) < 4.78 is 11.4. The van der Waals surface area contributed by atoms with Crippen LogP contribution in [0.3, 0.4) is 0 Å². The van der Waals surface area contributed by atoms with E-state index in [0.717, 1.165) is 18.5 Å². The van der Waals surface area contributed by atoms with Gasteiger partial charge in [0, 0.05) is 19.4 Å². The molecule has 0 saturated heterocycles.